The van der Waals surface area contributed by atoms with Crippen LogP contribution in [0.2, 0.25) is 5.02 Å². The minimum absolute atomic E-state index is 0.174. The molecule has 0 bridgehead atoms. The Kier molecular flexibility index (Phi) is 8.22. The third-order valence-corrected chi connectivity index (χ3v) is 5.08. The quantitative estimate of drug-likeness (QED) is 0.206. The Morgan fingerprint density at radius 3 is 2.48 bits per heavy atom. The first-order valence-electron chi connectivity index (χ1n) is 10.5. The SMILES string of the molecule is Cc1ccc(C(C)C)cc1OCC(=O)N/N=C\c1ccccc1OC(=O)c1ccc(Cl)cc1. The number of para-hydroxylation sites is 1. The van der Waals surface area contributed by atoms with Crippen LogP contribution in [0.15, 0.2) is 71.8 Å². The van der Waals surface area contributed by atoms with Gasteiger partial charge in [0.1, 0.15) is 11.5 Å². The molecule has 33 heavy (non-hydrogen) atoms. The summed E-state index contributed by atoms with van der Waals surface area (Å²) in [7, 11) is 0. The number of carbonyl (C=O) groups excluding carboxylic acids is 2. The van der Waals surface area contributed by atoms with Gasteiger partial charge in [0, 0.05) is 10.6 Å². The van der Waals surface area contributed by atoms with E-state index >= 15 is 0 Å². The molecule has 0 fully saturated rings. The van der Waals surface area contributed by atoms with Gasteiger partial charge in [-0.25, -0.2) is 10.2 Å². The summed E-state index contributed by atoms with van der Waals surface area (Å²) in [5.74, 6) is 0.410. The van der Waals surface area contributed by atoms with Gasteiger partial charge in [0.05, 0.1) is 11.8 Å². The number of hydrogen-bond donors (Lipinski definition) is 1. The summed E-state index contributed by atoms with van der Waals surface area (Å²) in [4.78, 5) is 24.5. The lowest BCUT2D eigenvalue weighted by Gasteiger charge is -2.12. The Morgan fingerprint density at radius 2 is 1.76 bits per heavy atom. The van der Waals surface area contributed by atoms with Crippen LogP contribution in [0, 0.1) is 6.92 Å². The van der Waals surface area contributed by atoms with Crippen molar-refractivity contribution >= 4 is 29.7 Å². The van der Waals surface area contributed by atoms with Crippen molar-refractivity contribution in [1.82, 2.24) is 5.43 Å². The Labute approximate surface area is 198 Å². The summed E-state index contributed by atoms with van der Waals surface area (Å²) in [5.41, 5.74) is 5.41. The van der Waals surface area contributed by atoms with Gasteiger partial charge in [0.25, 0.3) is 5.91 Å². The minimum Gasteiger partial charge on any atom is -0.483 e. The number of rotatable bonds is 8. The molecule has 0 saturated carbocycles. The fourth-order valence-corrected chi connectivity index (χ4v) is 3.03. The summed E-state index contributed by atoms with van der Waals surface area (Å²) < 4.78 is 11.1. The van der Waals surface area contributed by atoms with Crippen LogP contribution in [0.1, 0.15) is 46.8 Å². The molecule has 3 aromatic carbocycles. The molecule has 3 aromatic rings. The van der Waals surface area contributed by atoms with Gasteiger partial charge < -0.3 is 9.47 Å². The Bertz CT molecular complexity index is 1160. The average molecular weight is 465 g/mol. The van der Waals surface area contributed by atoms with Crippen molar-refractivity contribution in [2.75, 3.05) is 6.61 Å². The van der Waals surface area contributed by atoms with Crippen LogP contribution < -0.4 is 14.9 Å². The predicted molar refractivity (Wildman–Crippen MR) is 129 cm³/mol. The number of carbonyl (C=O) groups is 2. The molecule has 0 spiro atoms. The monoisotopic (exact) mass is 464 g/mol. The highest BCUT2D eigenvalue weighted by atomic mass is 35.5. The molecular formula is C26H25ClN2O4. The molecule has 0 saturated heterocycles. The third-order valence-electron chi connectivity index (χ3n) is 4.83. The van der Waals surface area contributed by atoms with Gasteiger partial charge >= 0.3 is 5.97 Å². The van der Waals surface area contributed by atoms with E-state index in [1.54, 1.807) is 48.5 Å². The number of nitrogens with zero attached hydrogens (tertiary/aromatic N) is 1. The lowest BCUT2D eigenvalue weighted by molar-refractivity contribution is -0.123. The van der Waals surface area contributed by atoms with E-state index < -0.39 is 11.9 Å². The Morgan fingerprint density at radius 1 is 1.03 bits per heavy atom. The van der Waals surface area contributed by atoms with Crippen LogP contribution in [0.3, 0.4) is 0 Å². The maximum Gasteiger partial charge on any atom is 0.343 e. The summed E-state index contributed by atoms with van der Waals surface area (Å²) in [6.45, 7) is 5.95. The zero-order valence-corrected chi connectivity index (χ0v) is 19.4. The van der Waals surface area contributed by atoms with E-state index in [0.29, 0.717) is 33.6 Å². The number of esters is 1. The second-order valence-electron chi connectivity index (χ2n) is 7.70. The summed E-state index contributed by atoms with van der Waals surface area (Å²) in [6.07, 6.45) is 1.41. The fourth-order valence-electron chi connectivity index (χ4n) is 2.91. The second kappa shape index (κ2) is 11.3. The topological polar surface area (TPSA) is 77.0 Å². The van der Waals surface area contributed by atoms with Crippen LogP contribution in [-0.4, -0.2) is 24.7 Å². The lowest BCUT2D eigenvalue weighted by atomic mass is 10.0. The van der Waals surface area contributed by atoms with Crippen molar-refractivity contribution in [2.45, 2.75) is 26.7 Å². The van der Waals surface area contributed by atoms with Crippen molar-refractivity contribution in [2.24, 2.45) is 5.10 Å². The van der Waals surface area contributed by atoms with Crippen molar-refractivity contribution in [3.8, 4) is 11.5 Å². The molecule has 0 atom stereocenters. The molecule has 0 aliphatic carbocycles. The Balaban J connectivity index is 1.58. The van der Waals surface area contributed by atoms with Crippen LogP contribution in [0.4, 0.5) is 0 Å². The number of halogens is 1. The zero-order valence-electron chi connectivity index (χ0n) is 18.7. The number of nitrogens with one attached hydrogen (secondary N) is 1. The number of ether oxygens (including phenoxy) is 2. The number of hydrogen-bond acceptors (Lipinski definition) is 5. The van der Waals surface area contributed by atoms with Crippen molar-refractivity contribution in [3.05, 3.63) is 94.0 Å². The fraction of sp³-hybridized carbons (Fsp3) is 0.192. The van der Waals surface area contributed by atoms with Crippen LogP contribution in [-0.2, 0) is 4.79 Å². The van der Waals surface area contributed by atoms with Crippen LogP contribution in [0.5, 0.6) is 11.5 Å². The first-order valence-corrected chi connectivity index (χ1v) is 10.8. The summed E-state index contributed by atoms with van der Waals surface area (Å²) in [6, 6.07) is 19.2. The molecule has 0 radical (unpaired) electrons. The predicted octanol–water partition coefficient (Wildman–Crippen LogP) is 5.52. The van der Waals surface area contributed by atoms with Crippen molar-refractivity contribution in [1.29, 1.82) is 0 Å². The molecule has 0 aliphatic heterocycles. The van der Waals surface area contributed by atoms with Crippen molar-refractivity contribution < 1.29 is 19.1 Å². The lowest BCUT2D eigenvalue weighted by Crippen LogP contribution is -2.24. The summed E-state index contributed by atoms with van der Waals surface area (Å²) in [5, 5.41) is 4.49. The van der Waals surface area contributed by atoms with E-state index in [-0.39, 0.29) is 6.61 Å². The van der Waals surface area contributed by atoms with Crippen LogP contribution in [0.25, 0.3) is 0 Å². The molecule has 1 N–H and O–H groups in total. The molecule has 6 nitrogen and oxygen atoms in total. The smallest absolute Gasteiger partial charge is 0.343 e. The molecule has 7 heteroatoms. The first kappa shape index (κ1) is 24.0. The highest BCUT2D eigenvalue weighted by Crippen LogP contribution is 2.24. The third kappa shape index (κ3) is 6.92. The van der Waals surface area contributed by atoms with Gasteiger partial charge in [-0.1, -0.05) is 49.7 Å². The largest absolute Gasteiger partial charge is 0.483 e. The maximum absolute atomic E-state index is 12.4. The standard InChI is InChI=1S/C26H25ClN2O4/c1-17(2)20-9-8-18(3)24(14-20)32-16-25(30)29-28-15-21-6-4-5-7-23(21)33-26(31)19-10-12-22(27)13-11-19/h4-15,17H,16H2,1-3H3,(H,29,30)/b28-15-. The van der Waals surface area contributed by atoms with E-state index in [4.69, 9.17) is 21.1 Å². The van der Waals surface area contributed by atoms with E-state index in [9.17, 15) is 9.59 Å². The highest BCUT2D eigenvalue weighted by Gasteiger charge is 2.11. The van der Waals surface area contributed by atoms with Gasteiger partial charge in [-0.15, -0.1) is 0 Å². The molecule has 0 heterocycles. The average Bonchev–Trinajstić information content (AvgIpc) is 2.80. The van der Waals surface area contributed by atoms with Gasteiger partial charge in [-0.2, -0.15) is 5.10 Å². The number of hydrazone groups is 1. The molecular weight excluding hydrogens is 440 g/mol. The van der Waals surface area contributed by atoms with Crippen molar-refractivity contribution in [3.63, 3.8) is 0 Å². The molecule has 1 amide bonds. The number of benzene rings is 3. The van der Waals surface area contributed by atoms with E-state index in [1.165, 1.54) is 6.21 Å². The van der Waals surface area contributed by atoms with Crippen LogP contribution >= 0.6 is 11.6 Å². The van der Waals surface area contributed by atoms with E-state index in [1.807, 2.05) is 19.1 Å². The van der Waals surface area contributed by atoms with Gasteiger partial charge in [-0.05, 0) is 66.4 Å². The summed E-state index contributed by atoms with van der Waals surface area (Å²) >= 11 is 5.86. The minimum atomic E-state index is -0.524. The van der Waals surface area contributed by atoms with Gasteiger partial charge in [-0.3, -0.25) is 4.79 Å². The number of amides is 1. The maximum atomic E-state index is 12.4. The van der Waals surface area contributed by atoms with E-state index in [0.717, 1.165) is 11.1 Å². The molecule has 0 aliphatic rings. The molecule has 0 unspecified atom stereocenters. The number of aryl methyl sites for hydroxylation is 1. The van der Waals surface area contributed by atoms with Gasteiger partial charge in [0.15, 0.2) is 6.61 Å². The second-order valence-corrected chi connectivity index (χ2v) is 8.13. The zero-order chi connectivity index (χ0) is 23.8. The molecule has 3 rings (SSSR count). The Hall–Kier alpha value is -3.64. The normalized spacial score (nSPS) is 10.9. The van der Waals surface area contributed by atoms with E-state index in [2.05, 4.69) is 30.4 Å². The molecule has 170 valence electrons. The molecule has 0 aromatic heterocycles. The van der Waals surface area contributed by atoms with Gasteiger partial charge in [0.2, 0.25) is 0 Å². The highest BCUT2D eigenvalue weighted by molar-refractivity contribution is 6.30. The first-order chi connectivity index (χ1) is 15.8.